The van der Waals surface area contributed by atoms with Crippen LogP contribution in [-0.4, -0.2) is 0 Å². The van der Waals surface area contributed by atoms with Crippen molar-refractivity contribution in [3.63, 3.8) is 0 Å². The topological polar surface area (TPSA) is 23.8 Å². The van der Waals surface area contributed by atoms with Gasteiger partial charge in [0, 0.05) is 6.08 Å². The number of hydrogen-bond acceptors (Lipinski definition) is 1. The molecule has 0 aromatic heterocycles. The van der Waals surface area contributed by atoms with Crippen LogP contribution in [0.15, 0.2) is 12.2 Å². The number of allylic oxidation sites excluding steroid dienone is 2. The van der Waals surface area contributed by atoms with Crippen LogP contribution in [0.3, 0.4) is 0 Å². The van der Waals surface area contributed by atoms with Gasteiger partial charge in [0.25, 0.3) is 0 Å². The molecule has 0 radical (unpaired) electrons. The highest BCUT2D eigenvalue weighted by molar-refractivity contribution is 5.05. The Kier molecular flexibility index (Phi) is 2.50. The minimum absolute atomic E-state index is 0.680. The maximum atomic E-state index is 8.28. The Labute approximate surface area is 62.4 Å². The Bertz CT molecular complexity index is 164. The van der Waals surface area contributed by atoms with E-state index in [0.29, 0.717) is 5.92 Å². The van der Waals surface area contributed by atoms with Gasteiger partial charge in [0.15, 0.2) is 0 Å². The van der Waals surface area contributed by atoms with Crippen molar-refractivity contribution in [2.75, 3.05) is 0 Å². The van der Waals surface area contributed by atoms with Gasteiger partial charge in [-0.15, -0.1) is 0 Å². The average Bonchev–Trinajstić information content (AvgIpc) is 2.31. The standard InChI is InChI=1S/C9H13N/c1-8-4-2-5-9(8)6-3-7-10/h3,6,8-9H,2,4-5H2,1H3/b6-3+/t8-,9-/m0/s1. The molecule has 2 atom stereocenters. The summed E-state index contributed by atoms with van der Waals surface area (Å²) in [6, 6.07) is 2.03. The van der Waals surface area contributed by atoms with E-state index >= 15 is 0 Å². The first-order chi connectivity index (χ1) is 4.84. The van der Waals surface area contributed by atoms with Crippen LogP contribution < -0.4 is 0 Å². The van der Waals surface area contributed by atoms with Gasteiger partial charge in [0.05, 0.1) is 6.07 Å². The van der Waals surface area contributed by atoms with Gasteiger partial charge in [-0.2, -0.15) is 5.26 Å². The first-order valence-electron chi connectivity index (χ1n) is 3.91. The Morgan fingerprint density at radius 3 is 2.80 bits per heavy atom. The largest absolute Gasteiger partial charge is 0.193 e. The summed E-state index contributed by atoms with van der Waals surface area (Å²) in [4.78, 5) is 0. The fourth-order valence-electron chi connectivity index (χ4n) is 1.63. The zero-order valence-electron chi connectivity index (χ0n) is 6.38. The molecular weight excluding hydrogens is 122 g/mol. The normalized spacial score (nSPS) is 32.8. The van der Waals surface area contributed by atoms with E-state index in [4.69, 9.17) is 5.26 Å². The molecule has 0 aliphatic heterocycles. The third-order valence-electron chi connectivity index (χ3n) is 2.35. The first kappa shape index (κ1) is 7.34. The summed E-state index contributed by atoms with van der Waals surface area (Å²) >= 11 is 0. The summed E-state index contributed by atoms with van der Waals surface area (Å²) in [5.74, 6) is 1.48. The second-order valence-electron chi connectivity index (χ2n) is 3.06. The molecule has 1 saturated carbocycles. The molecule has 0 heterocycles. The van der Waals surface area contributed by atoms with Crippen molar-refractivity contribution in [2.24, 2.45) is 11.8 Å². The molecule has 1 nitrogen and oxygen atoms in total. The van der Waals surface area contributed by atoms with Crippen LogP contribution in [0.2, 0.25) is 0 Å². The van der Waals surface area contributed by atoms with Crippen LogP contribution in [0.5, 0.6) is 0 Å². The van der Waals surface area contributed by atoms with Gasteiger partial charge in [-0.25, -0.2) is 0 Å². The van der Waals surface area contributed by atoms with Gasteiger partial charge in [0.2, 0.25) is 0 Å². The van der Waals surface area contributed by atoms with Gasteiger partial charge < -0.3 is 0 Å². The highest BCUT2D eigenvalue weighted by Gasteiger charge is 2.19. The zero-order chi connectivity index (χ0) is 7.40. The Morgan fingerprint density at radius 2 is 2.30 bits per heavy atom. The Balaban J connectivity index is 2.42. The van der Waals surface area contributed by atoms with Crippen molar-refractivity contribution in [3.8, 4) is 6.07 Å². The molecule has 0 spiro atoms. The molecule has 1 aliphatic rings. The van der Waals surface area contributed by atoms with Gasteiger partial charge in [-0.3, -0.25) is 0 Å². The van der Waals surface area contributed by atoms with Crippen molar-refractivity contribution >= 4 is 0 Å². The Hall–Kier alpha value is -0.770. The second-order valence-corrected chi connectivity index (χ2v) is 3.06. The summed E-state index contributed by atoms with van der Waals surface area (Å²) in [5, 5.41) is 8.28. The predicted molar refractivity (Wildman–Crippen MR) is 41.3 cm³/mol. The fourth-order valence-corrected chi connectivity index (χ4v) is 1.63. The number of hydrogen-bond donors (Lipinski definition) is 0. The molecule has 0 N–H and O–H groups in total. The monoisotopic (exact) mass is 135 g/mol. The molecule has 1 fully saturated rings. The van der Waals surface area contributed by atoms with Crippen LogP contribution in [-0.2, 0) is 0 Å². The molecule has 1 aliphatic carbocycles. The SMILES string of the molecule is C[C@H]1CCC[C@H]1/C=C/C#N. The lowest BCUT2D eigenvalue weighted by atomic mass is 9.98. The molecule has 0 aromatic carbocycles. The second kappa shape index (κ2) is 3.41. The summed E-state index contributed by atoms with van der Waals surface area (Å²) in [5.41, 5.74) is 0. The summed E-state index contributed by atoms with van der Waals surface area (Å²) in [7, 11) is 0. The van der Waals surface area contributed by atoms with Crippen LogP contribution in [0.1, 0.15) is 26.2 Å². The van der Waals surface area contributed by atoms with Gasteiger partial charge in [-0.05, 0) is 18.3 Å². The highest BCUT2D eigenvalue weighted by Crippen LogP contribution is 2.31. The molecule has 54 valence electrons. The van der Waals surface area contributed by atoms with Crippen molar-refractivity contribution in [1.82, 2.24) is 0 Å². The molecule has 0 unspecified atom stereocenters. The summed E-state index contributed by atoms with van der Waals surface area (Å²) < 4.78 is 0. The van der Waals surface area contributed by atoms with E-state index in [0.717, 1.165) is 5.92 Å². The van der Waals surface area contributed by atoms with Crippen molar-refractivity contribution in [1.29, 1.82) is 5.26 Å². The minimum Gasteiger partial charge on any atom is -0.193 e. The number of nitriles is 1. The van der Waals surface area contributed by atoms with Gasteiger partial charge >= 0.3 is 0 Å². The zero-order valence-corrected chi connectivity index (χ0v) is 6.38. The van der Waals surface area contributed by atoms with Crippen molar-refractivity contribution in [3.05, 3.63) is 12.2 Å². The quantitative estimate of drug-likeness (QED) is 0.507. The summed E-state index contributed by atoms with van der Waals surface area (Å²) in [6.45, 7) is 2.26. The molecule has 1 rings (SSSR count). The smallest absolute Gasteiger partial charge is 0.0908 e. The third kappa shape index (κ3) is 1.60. The summed E-state index contributed by atoms with van der Waals surface area (Å²) in [6.07, 6.45) is 7.62. The van der Waals surface area contributed by atoms with Gasteiger partial charge in [0.1, 0.15) is 0 Å². The molecule has 10 heavy (non-hydrogen) atoms. The molecule has 0 amide bonds. The number of nitrogens with zero attached hydrogens (tertiary/aromatic N) is 1. The lowest BCUT2D eigenvalue weighted by Crippen LogP contribution is -1.98. The lowest BCUT2D eigenvalue weighted by molar-refractivity contribution is 0.504. The molecule has 1 heteroatoms. The van der Waals surface area contributed by atoms with Crippen LogP contribution in [0.4, 0.5) is 0 Å². The first-order valence-corrected chi connectivity index (χ1v) is 3.91. The van der Waals surface area contributed by atoms with E-state index < -0.39 is 0 Å². The van der Waals surface area contributed by atoms with Crippen molar-refractivity contribution < 1.29 is 0 Å². The van der Waals surface area contributed by atoms with E-state index in [2.05, 4.69) is 13.0 Å². The molecule has 0 saturated heterocycles. The maximum absolute atomic E-state index is 8.28. The average molecular weight is 135 g/mol. The molecule has 0 bridgehead atoms. The van der Waals surface area contributed by atoms with Crippen LogP contribution in [0, 0.1) is 23.2 Å². The van der Waals surface area contributed by atoms with Crippen LogP contribution >= 0.6 is 0 Å². The van der Waals surface area contributed by atoms with Crippen LogP contribution in [0.25, 0.3) is 0 Å². The van der Waals surface area contributed by atoms with Crippen molar-refractivity contribution in [2.45, 2.75) is 26.2 Å². The lowest BCUT2D eigenvalue weighted by Gasteiger charge is -2.07. The van der Waals surface area contributed by atoms with E-state index in [1.54, 1.807) is 6.08 Å². The van der Waals surface area contributed by atoms with E-state index in [-0.39, 0.29) is 0 Å². The molecular formula is C9H13N. The third-order valence-corrected chi connectivity index (χ3v) is 2.35. The Morgan fingerprint density at radius 1 is 1.50 bits per heavy atom. The van der Waals surface area contributed by atoms with Gasteiger partial charge in [-0.1, -0.05) is 25.8 Å². The molecule has 0 aromatic rings. The number of rotatable bonds is 1. The van der Waals surface area contributed by atoms with E-state index in [1.807, 2.05) is 6.07 Å². The van der Waals surface area contributed by atoms with E-state index in [1.165, 1.54) is 19.3 Å². The van der Waals surface area contributed by atoms with E-state index in [9.17, 15) is 0 Å². The fraction of sp³-hybridized carbons (Fsp3) is 0.667. The highest BCUT2D eigenvalue weighted by atomic mass is 14.3. The predicted octanol–water partition coefficient (Wildman–Crippen LogP) is 2.50. The maximum Gasteiger partial charge on any atom is 0.0908 e. The minimum atomic E-state index is 0.680.